The third-order valence-corrected chi connectivity index (χ3v) is 11.4. The third-order valence-electron chi connectivity index (χ3n) is 11.4. The van der Waals surface area contributed by atoms with Crippen molar-refractivity contribution in [3.8, 4) is 11.1 Å². The van der Waals surface area contributed by atoms with E-state index in [1.54, 1.807) is 0 Å². The molecular weight excluding hydrogens is 627 g/mol. The van der Waals surface area contributed by atoms with Crippen molar-refractivity contribution in [2.45, 2.75) is 24.7 Å². The highest BCUT2D eigenvalue weighted by molar-refractivity contribution is 6.39. The number of allylic oxidation sites excluding steroid dienone is 2. The molecule has 2 amide bonds. The Labute approximate surface area is 297 Å². The van der Waals surface area contributed by atoms with Gasteiger partial charge in [0.15, 0.2) is 5.78 Å². The molecule has 1 aliphatic heterocycles. The van der Waals surface area contributed by atoms with Gasteiger partial charge in [-0.05, 0) is 70.5 Å². The SMILES string of the molecule is Cc1ccc(C2=C(c3ccc(C)cc3)[C@@]3(c4ccccc4)C(=O)[C@@]2(c2ccccc2)[C@@H]2C(=O)N(c4ccc(-c5ccccc5)cc4)C(=O)[C@@H]23)cc1. The normalized spacial score (nSPS) is 23.6. The van der Waals surface area contributed by atoms with E-state index in [1.165, 1.54) is 4.90 Å². The fraction of sp³-hybridized carbons (Fsp3) is 0.128. The van der Waals surface area contributed by atoms with Gasteiger partial charge in [0.2, 0.25) is 11.8 Å². The van der Waals surface area contributed by atoms with Crippen molar-refractivity contribution >= 4 is 34.4 Å². The number of carbonyl (C=O) groups excluding carboxylic acids is 3. The van der Waals surface area contributed by atoms with Crippen LogP contribution < -0.4 is 4.90 Å². The Balaban J connectivity index is 1.36. The number of Topliss-reactive ketones (excluding diaryl/α,β-unsaturated/α-hetero) is 1. The predicted molar refractivity (Wildman–Crippen MR) is 202 cm³/mol. The van der Waals surface area contributed by atoms with Crippen molar-refractivity contribution in [1.29, 1.82) is 0 Å². The van der Waals surface area contributed by atoms with Gasteiger partial charge in [-0.25, -0.2) is 4.90 Å². The van der Waals surface area contributed by atoms with Crippen LogP contribution in [0.1, 0.15) is 33.4 Å². The van der Waals surface area contributed by atoms with Gasteiger partial charge in [-0.3, -0.25) is 14.4 Å². The molecule has 3 aliphatic rings. The molecular formula is C47H35NO3. The van der Waals surface area contributed by atoms with Crippen LogP contribution in [-0.2, 0) is 25.2 Å². The van der Waals surface area contributed by atoms with E-state index in [2.05, 4.69) is 48.5 Å². The molecule has 0 radical (unpaired) electrons. The summed E-state index contributed by atoms with van der Waals surface area (Å²) in [5.41, 5.74) is 6.66. The Morgan fingerprint density at radius 2 is 0.765 bits per heavy atom. The molecule has 1 heterocycles. The smallest absolute Gasteiger partial charge is 0.239 e. The second kappa shape index (κ2) is 11.5. The highest BCUT2D eigenvalue weighted by atomic mass is 16.2. The number of anilines is 1. The first-order valence-corrected chi connectivity index (χ1v) is 17.5. The Morgan fingerprint density at radius 1 is 0.412 bits per heavy atom. The molecule has 0 unspecified atom stereocenters. The summed E-state index contributed by atoms with van der Waals surface area (Å²) in [6, 6.07) is 53.5. The summed E-state index contributed by atoms with van der Waals surface area (Å²) < 4.78 is 0. The number of imide groups is 1. The van der Waals surface area contributed by atoms with Gasteiger partial charge in [-0.15, -0.1) is 0 Å². The number of aryl methyl sites for hydroxylation is 2. The van der Waals surface area contributed by atoms with Crippen LogP contribution in [0.5, 0.6) is 0 Å². The van der Waals surface area contributed by atoms with E-state index < -0.39 is 22.7 Å². The van der Waals surface area contributed by atoms with E-state index in [1.807, 2.05) is 129 Å². The largest absolute Gasteiger partial charge is 0.297 e. The van der Waals surface area contributed by atoms with Gasteiger partial charge in [-0.2, -0.15) is 0 Å². The van der Waals surface area contributed by atoms with E-state index in [4.69, 9.17) is 0 Å². The number of benzene rings is 6. The zero-order chi connectivity index (χ0) is 34.9. The summed E-state index contributed by atoms with van der Waals surface area (Å²) in [5, 5.41) is 0. The average molecular weight is 662 g/mol. The first-order valence-electron chi connectivity index (χ1n) is 17.5. The summed E-state index contributed by atoms with van der Waals surface area (Å²) in [4.78, 5) is 48.0. The topological polar surface area (TPSA) is 54.5 Å². The zero-order valence-electron chi connectivity index (χ0n) is 28.4. The maximum atomic E-state index is 16.1. The summed E-state index contributed by atoms with van der Waals surface area (Å²) in [6.07, 6.45) is 0. The molecule has 0 N–H and O–H groups in total. The first-order chi connectivity index (χ1) is 24.9. The standard InChI is InChI=1S/C47H35NO3/c1-30-18-22-34(23-19-30)39-40(35-24-20-31(2)21-25-35)47(37-16-10-5-11-17-37)42-41(46(39,45(47)51)36-14-8-4-9-15-36)43(49)48(44(42)50)38-28-26-33(27-29-38)32-12-6-3-7-13-32/h3-29,41-42H,1-2H3/t41-,42+,46-,47-/m1/s1. The number of fused-ring (bicyclic) bond motifs is 5. The van der Waals surface area contributed by atoms with Gasteiger partial charge in [0.25, 0.3) is 0 Å². The van der Waals surface area contributed by atoms with Gasteiger partial charge in [-0.1, -0.05) is 163 Å². The van der Waals surface area contributed by atoms with Crippen molar-refractivity contribution in [3.63, 3.8) is 0 Å². The van der Waals surface area contributed by atoms with Crippen molar-refractivity contribution in [2.75, 3.05) is 4.90 Å². The molecule has 4 atom stereocenters. The van der Waals surface area contributed by atoms with Crippen molar-refractivity contribution < 1.29 is 14.4 Å². The van der Waals surface area contributed by atoms with Crippen LogP contribution in [0.15, 0.2) is 164 Å². The van der Waals surface area contributed by atoms with Crippen LogP contribution in [0.4, 0.5) is 5.69 Å². The number of ketones is 1. The number of rotatable bonds is 6. The highest BCUT2D eigenvalue weighted by Crippen LogP contribution is 2.74. The summed E-state index contributed by atoms with van der Waals surface area (Å²) in [5.74, 6) is -2.73. The fourth-order valence-corrected chi connectivity index (χ4v) is 9.25. The van der Waals surface area contributed by atoms with Gasteiger partial charge < -0.3 is 0 Å². The monoisotopic (exact) mass is 661 g/mol. The second-order valence-corrected chi connectivity index (χ2v) is 14.0. The summed E-state index contributed by atoms with van der Waals surface area (Å²) in [6.45, 7) is 4.08. The molecule has 6 aromatic rings. The van der Waals surface area contributed by atoms with E-state index in [0.29, 0.717) is 5.69 Å². The number of carbonyl (C=O) groups is 3. The fourth-order valence-electron chi connectivity index (χ4n) is 9.25. The van der Waals surface area contributed by atoms with Crippen LogP contribution in [0.2, 0.25) is 0 Å². The lowest BCUT2D eigenvalue weighted by Gasteiger charge is -2.39. The lowest BCUT2D eigenvalue weighted by molar-refractivity contribution is -0.130. The Bertz CT molecular complexity index is 2240. The van der Waals surface area contributed by atoms with Crippen LogP contribution in [0, 0.1) is 25.7 Å². The Morgan fingerprint density at radius 3 is 1.18 bits per heavy atom. The highest BCUT2D eigenvalue weighted by Gasteiger charge is 2.82. The maximum Gasteiger partial charge on any atom is 0.239 e. The number of nitrogens with zero attached hydrogens (tertiary/aromatic N) is 1. The maximum absolute atomic E-state index is 16.1. The lowest BCUT2D eigenvalue weighted by Crippen LogP contribution is -2.45. The van der Waals surface area contributed by atoms with Gasteiger partial charge >= 0.3 is 0 Å². The minimum atomic E-state index is -1.43. The van der Waals surface area contributed by atoms with E-state index in [9.17, 15) is 0 Å². The van der Waals surface area contributed by atoms with Gasteiger partial charge in [0, 0.05) is 0 Å². The Hall–Kier alpha value is -6.13. The molecule has 2 fully saturated rings. The quantitative estimate of drug-likeness (QED) is 0.167. The van der Waals surface area contributed by atoms with Crippen LogP contribution in [0.3, 0.4) is 0 Å². The molecule has 246 valence electrons. The molecule has 9 rings (SSSR count). The number of hydrogen-bond donors (Lipinski definition) is 0. The molecule has 2 bridgehead atoms. The van der Waals surface area contributed by atoms with Crippen molar-refractivity contribution in [2.24, 2.45) is 11.8 Å². The number of hydrogen-bond acceptors (Lipinski definition) is 3. The number of amides is 2. The molecule has 51 heavy (non-hydrogen) atoms. The van der Waals surface area contributed by atoms with Crippen LogP contribution in [0.25, 0.3) is 22.3 Å². The summed E-state index contributed by atoms with van der Waals surface area (Å²) >= 11 is 0. The molecule has 0 spiro atoms. The second-order valence-electron chi connectivity index (χ2n) is 14.0. The molecule has 1 saturated carbocycles. The molecule has 4 nitrogen and oxygen atoms in total. The average Bonchev–Trinajstić information content (AvgIpc) is 3.68. The van der Waals surface area contributed by atoms with Gasteiger partial charge in [0.05, 0.1) is 28.4 Å². The Kier molecular flexibility index (Phi) is 6.94. The van der Waals surface area contributed by atoms with Crippen LogP contribution >= 0.6 is 0 Å². The molecule has 2 aliphatic carbocycles. The predicted octanol–water partition coefficient (Wildman–Crippen LogP) is 9.16. The van der Waals surface area contributed by atoms with E-state index in [0.717, 1.165) is 55.7 Å². The van der Waals surface area contributed by atoms with Crippen LogP contribution in [-0.4, -0.2) is 17.6 Å². The molecule has 1 saturated heterocycles. The van der Waals surface area contributed by atoms with E-state index >= 15 is 14.4 Å². The third kappa shape index (κ3) is 4.17. The van der Waals surface area contributed by atoms with E-state index in [-0.39, 0.29) is 17.6 Å². The lowest BCUT2D eigenvalue weighted by atomic mass is 9.59. The zero-order valence-corrected chi connectivity index (χ0v) is 28.4. The molecule has 0 aromatic heterocycles. The minimum Gasteiger partial charge on any atom is -0.297 e. The summed E-state index contributed by atoms with van der Waals surface area (Å²) in [7, 11) is 0. The molecule has 4 heteroatoms. The van der Waals surface area contributed by atoms with Crippen molar-refractivity contribution in [3.05, 3.63) is 197 Å². The molecule has 6 aromatic carbocycles. The first kappa shape index (κ1) is 30.9. The van der Waals surface area contributed by atoms with Gasteiger partial charge in [0.1, 0.15) is 0 Å². The minimum absolute atomic E-state index is 0.116. The van der Waals surface area contributed by atoms with Crippen molar-refractivity contribution in [1.82, 2.24) is 0 Å².